The third kappa shape index (κ3) is 5.64. The summed E-state index contributed by atoms with van der Waals surface area (Å²) in [6, 6.07) is 8.48. The minimum absolute atomic E-state index is 0.0793. The lowest BCUT2D eigenvalue weighted by Crippen LogP contribution is -2.28. The lowest BCUT2D eigenvalue weighted by Gasteiger charge is -2.10. The standard InChI is InChI=1S/C17H12Cl2F3NO3/c18-13-5-4-11(14(19)7-13)8-23-15(24)9-26-16(25)10-2-1-3-12(6-10)17(20,21)22/h1-7H,8-9H2,(H,23,24). The van der Waals surface area contributed by atoms with E-state index in [2.05, 4.69) is 5.32 Å². The van der Waals surface area contributed by atoms with Gasteiger partial charge in [-0.1, -0.05) is 35.3 Å². The summed E-state index contributed by atoms with van der Waals surface area (Å²) in [4.78, 5) is 23.5. The second-order valence-corrected chi connectivity index (χ2v) is 6.01. The van der Waals surface area contributed by atoms with Crippen molar-refractivity contribution in [2.24, 2.45) is 0 Å². The third-order valence-electron chi connectivity index (χ3n) is 3.25. The Morgan fingerprint density at radius 3 is 2.46 bits per heavy atom. The maximum Gasteiger partial charge on any atom is 0.416 e. The minimum Gasteiger partial charge on any atom is -0.452 e. The molecule has 0 saturated carbocycles. The van der Waals surface area contributed by atoms with Crippen LogP contribution in [0.4, 0.5) is 13.2 Å². The summed E-state index contributed by atoms with van der Waals surface area (Å²) in [6.45, 7) is -0.559. The van der Waals surface area contributed by atoms with Gasteiger partial charge in [-0.15, -0.1) is 0 Å². The monoisotopic (exact) mass is 405 g/mol. The summed E-state index contributed by atoms with van der Waals surface area (Å²) >= 11 is 11.7. The van der Waals surface area contributed by atoms with Gasteiger partial charge in [0.2, 0.25) is 0 Å². The molecule has 2 rings (SSSR count). The highest BCUT2D eigenvalue weighted by atomic mass is 35.5. The van der Waals surface area contributed by atoms with Gasteiger partial charge in [0.05, 0.1) is 11.1 Å². The zero-order valence-electron chi connectivity index (χ0n) is 13.1. The zero-order valence-corrected chi connectivity index (χ0v) is 14.6. The molecule has 0 aliphatic carbocycles. The summed E-state index contributed by atoms with van der Waals surface area (Å²) in [5, 5.41) is 3.28. The largest absolute Gasteiger partial charge is 0.452 e. The highest BCUT2D eigenvalue weighted by Crippen LogP contribution is 2.29. The number of alkyl halides is 3. The number of ether oxygens (including phenoxy) is 1. The van der Waals surface area contributed by atoms with Crippen molar-refractivity contribution in [2.75, 3.05) is 6.61 Å². The van der Waals surface area contributed by atoms with E-state index < -0.39 is 30.2 Å². The summed E-state index contributed by atoms with van der Waals surface area (Å²) in [6.07, 6.45) is -4.58. The number of rotatable bonds is 5. The van der Waals surface area contributed by atoms with Gasteiger partial charge in [0.15, 0.2) is 6.61 Å². The van der Waals surface area contributed by atoms with E-state index in [0.29, 0.717) is 21.7 Å². The van der Waals surface area contributed by atoms with Crippen LogP contribution in [0.25, 0.3) is 0 Å². The van der Waals surface area contributed by atoms with Gasteiger partial charge in [-0.05, 0) is 35.9 Å². The summed E-state index contributed by atoms with van der Waals surface area (Å²) in [5.74, 6) is -1.66. The van der Waals surface area contributed by atoms with Crippen LogP contribution in [0.1, 0.15) is 21.5 Å². The molecule has 0 radical (unpaired) electrons. The van der Waals surface area contributed by atoms with E-state index in [-0.39, 0.29) is 12.1 Å². The van der Waals surface area contributed by atoms with Crippen LogP contribution < -0.4 is 5.32 Å². The predicted molar refractivity (Wildman–Crippen MR) is 90.0 cm³/mol. The number of carbonyl (C=O) groups is 2. The molecule has 0 aliphatic heterocycles. The average Bonchev–Trinajstić information content (AvgIpc) is 2.58. The Labute approximate surface area is 156 Å². The molecule has 26 heavy (non-hydrogen) atoms. The number of nitrogens with one attached hydrogen (secondary N) is 1. The first-order chi connectivity index (χ1) is 12.2. The van der Waals surface area contributed by atoms with Crippen LogP contribution in [0.15, 0.2) is 42.5 Å². The highest BCUT2D eigenvalue weighted by molar-refractivity contribution is 6.35. The molecule has 1 amide bonds. The van der Waals surface area contributed by atoms with Gasteiger partial charge >= 0.3 is 12.1 Å². The summed E-state index contributed by atoms with van der Waals surface area (Å²) < 4.78 is 42.6. The second-order valence-electron chi connectivity index (χ2n) is 5.17. The first-order valence-electron chi connectivity index (χ1n) is 7.22. The quantitative estimate of drug-likeness (QED) is 0.745. The van der Waals surface area contributed by atoms with Crippen LogP contribution in [-0.2, 0) is 22.3 Å². The number of esters is 1. The normalized spacial score (nSPS) is 11.1. The molecule has 0 bridgehead atoms. The van der Waals surface area contributed by atoms with E-state index in [1.54, 1.807) is 12.1 Å². The molecule has 4 nitrogen and oxygen atoms in total. The van der Waals surface area contributed by atoms with E-state index in [9.17, 15) is 22.8 Å². The molecular weight excluding hydrogens is 394 g/mol. The third-order valence-corrected chi connectivity index (χ3v) is 3.84. The number of benzene rings is 2. The van der Waals surface area contributed by atoms with Gasteiger partial charge in [-0.3, -0.25) is 4.79 Å². The van der Waals surface area contributed by atoms with Gasteiger partial charge in [0.25, 0.3) is 5.91 Å². The molecule has 0 unspecified atom stereocenters. The van der Waals surface area contributed by atoms with Crippen LogP contribution >= 0.6 is 23.2 Å². The number of hydrogen-bond acceptors (Lipinski definition) is 3. The molecule has 2 aromatic rings. The number of amides is 1. The van der Waals surface area contributed by atoms with Crippen molar-refractivity contribution in [1.29, 1.82) is 0 Å². The van der Waals surface area contributed by atoms with Gasteiger partial charge in [-0.25, -0.2) is 4.79 Å². The molecule has 138 valence electrons. The molecule has 2 aromatic carbocycles. The van der Waals surface area contributed by atoms with Crippen molar-refractivity contribution < 1.29 is 27.5 Å². The fourth-order valence-electron chi connectivity index (χ4n) is 1.95. The van der Waals surface area contributed by atoms with E-state index in [0.717, 1.165) is 12.1 Å². The van der Waals surface area contributed by atoms with Crippen LogP contribution in [-0.4, -0.2) is 18.5 Å². The molecular formula is C17H12Cl2F3NO3. The zero-order chi connectivity index (χ0) is 19.3. The van der Waals surface area contributed by atoms with Crippen LogP contribution in [0.3, 0.4) is 0 Å². The van der Waals surface area contributed by atoms with Crippen molar-refractivity contribution in [1.82, 2.24) is 5.32 Å². The van der Waals surface area contributed by atoms with Gasteiger partial charge in [0.1, 0.15) is 0 Å². The Kier molecular flexibility index (Phi) is 6.50. The number of carbonyl (C=O) groups excluding carboxylic acids is 2. The van der Waals surface area contributed by atoms with Crippen molar-refractivity contribution in [2.45, 2.75) is 12.7 Å². The molecule has 0 saturated heterocycles. The van der Waals surface area contributed by atoms with Crippen molar-refractivity contribution in [3.8, 4) is 0 Å². The fraction of sp³-hybridized carbons (Fsp3) is 0.176. The van der Waals surface area contributed by atoms with E-state index in [1.165, 1.54) is 12.1 Å². The Morgan fingerprint density at radius 1 is 1.08 bits per heavy atom. The molecule has 0 aliphatic rings. The lowest BCUT2D eigenvalue weighted by atomic mass is 10.1. The number of hydrogen-bond donors (Lipinski definition) is 1. The van der Waals surface area contributed by atoms with E-state index in [4.69, 9.17) is 27.9 Å². The molecule has 9 heteroatoms. The van der Waals surface area contributed by atoms with Gasteiger partial charge < -0.3 is 10.1 Å². The van der Waals surface area contributed by atoms with Crippen molar-refractivity contribution >= 4 is 35.1 Å². The smallest absolute Gasteiger partial charge is 0.416 e. The first kappa shape index (κ1) is 20.1. The molecule has 1 N–H and O–H groups in total. The van der Waals surface area contributed by atoms with E-state index >= 15 is 0 Å². The Balaban J connectivity index is 1.88. The van der Waals surface area contributed by atoms with Crippen LogP contribution in [0, 0.1) is 0 Å². The summed E-state index contributed by atoms with van der Waals surface area (Å²) in [5.41, 5.74) is -0.671. The van der Waals surface area contributed by atoms with E-state index in [1.807, 2.05) is 0 Å². The first-order valence-corrected chi connectivity index (χ1v) is 7.97. The summed E-state index contributed by atoms with van der Waals surface area (Å²) in [7, 11) is 0. The van der Waals surface area contributed by atoms with Crippen LogP contribution in [0.5, 0.6) is 0 Å². The van der Waals surface area contributed by atoms with Gasteiger partial charge in [0, 0.05) is 16.6 Å². The van der Waals surface area contributed by atoms with Crippen LogP contribution in [0.2, 0.25) is 10.0 Å². The molecule has 0 fully saturated rings. The molecule has 0 atom stereocenters. The Morgan fingerprint density at radius 2 is 1.81 bits per heavy atom. The Bertz CT molecular complexity index is 825. The fourth-order valence-corrected chi connectivity index (χ4v) is 2.42. The van der Waals surface area contributed by atoms with Crippen molar-refractivity contribution in [3.05, 3.63) is 69.2 Å². The molecule has 0 aromatic heterocycles. The lowest BCUT2D eigenvalue weighted by molar-refractivity contribution is -0.137. The SMILES string of the molecule is O=C(COC(=O)c1cccc(C(F)(F)F)c1)NCc1ccc(Cl)cc1Cl. The van der Waals surface area contributed by atoms with Gasteiger partial charge in [-0.2, -0.15) is 13.2 Å². The highest BCUT2D eigenvalue weighted by Gasteiger charge is 2.31. The maximum atomic E-state index is 12.6. The topological polar surface area (TPSA) is 55.4 Å². The van der Waals surface area contributed by atoms with Crippen molar-refractivity contribution in [3.63, 3.8) is 0 Å². The second kappa shape index (κ2) is 8.42. The number of halogens is 5. The predicted octanol–water partition coefficient (Wildman–Crippen LogP) is 4.49. The average molecular weight is 406 g/mol. The maximum absolute atomic E-state index is 12.6. The molecule has 0 heterocycles. The molecule has 0 spiro atoms. The Hall–Kier alpha value is -2.25. The minimum atomic E-state index is -4.58.